The summed E-state index contributed by atoms with van der Waals surface area (Å²) in [4.78, 5) is 14.0. The summed E-state index contributed by atoms with van der Waals surface area (Å²) >= 11 is 5.65. The van der Waals surface area contributed by atoms with Crippen LogP contribution < -0.4 is 10.6 Å². The van der Waals surface area contributed by atoms with Crippen molar-refractivity contribution in [1.82, 2.24) is 10.2 Å². The molecule has 0 saturated carbocycles. The molecular weight excluding hydrogens is 554 g/mol. The largest absolute Gasteiger partial charge is 0.379 e. The number of benzene rings is 1. The highest BCUT2D eigenvalue weighted by atomic mass is 35.5. The molecule has 2 aliphatic heterocycles. The van der Waals surface area contributed by atoms with Gasteiger partial charge in [-0.3, -0.25) is 10.1 Å². The summed E-state index contributed by atoms with van der Waals surface area (Å²) in [5.74, 6) is 0.553. The molecule has 0 radical (unpaired) electrons. The number of ether oxygens (including phenoxy) is 3. The molecule has 1 saturated heterocycles. The topological polar surface area (TPSA) is 153 Å². The minimum atomic E-state index is -1.21. The number of amides is 1. The monoisotopic (exact) mass is 601 g/mol. The van der Waals surface area contributed by atoms with Crippen molar-refractivity contribution in [3.05, 3.63) is 29.3 Å². The molecule has 0 aliphatic carbocycles. The second-order valence-electron chi connectivity index (χ2n) is 10.6. The van der Waals surface area contributed by atoms with Crippen LogP contribution in [0, 0.1) is 0 Å². The number of carbonyl (C=O) groups excluding carboxylic acids is 1. The van der Waals surface area contributed by atoms with E-state index in [0.717, 1.165) is 51.0 Å². The second-order valence-corrected chi connectivity index (χ2v) is 11.0. The van der Waals surface area contributed by atoms with Gasteiger partial charge >= 0.3 is 0 Å². The summed E-state index contributed by atoms with van der Waals surface area (Å²) in [6, 6.07) is 4.51. The van der Waals surface area contributed by atoms with Gasteiger partial charge in [-0.1, -0.05) is 31.4 Å². The average molecular weight is 602 g/mol. The number of piperidine rings is 1. The fourth-order valence-corrected chi connectivity index (χ4v) is 5.46. The number of aliphatic hydroxyl groups is 4. The molecule has 6 N–H and O–H groups in total. The molecular formula is C29H48ClN3O8. The Bertz CT molecular complexity index is 898. The summed E-state index contributed by atoms with van der Waals surface area (Å²) in [6.45, 7) is 3.56. The Hall–Kier alpha value is -1.38. The first-order chi connectivity index (χ1) is 19.9. The number of unbranched alkanes of at least 4 members (excludes halogenated alkanes) is 5. The van der Waals surface area contributed by atoms with Crippen molar-refractivity contribution in [2.24, 2.45) is 0 Å². The Morgan fingerprint density at radius 1 is 0.854 bits per heavy atom. The van der Waals surface area contributed by atoms with E-state index >= 15 is 0 Å². The summed E-state index contributed by atoms with van der Waals surface area (Å²) in [5, 5.41) is 47.6. The number of nitrogens with one attached hydrogen (secondary N) is 2. The second kappa shape index (κ2) is 19.0. The van der Waals surface area contributed by atoms with Crippen LogP contribution in [0.2, 0.25) is 0 Å². The third kappa shape index (κ3) is 11.0. The van der Waals surface area contributed by atoms with Crippen molar-refractivity contribution < 1.29 is 39.4 Å². The van der Waals surface area contributed by atoms with Gasteiger partial charge in [-0.25, -0.2) is 4.90 Å². The van der Waals surface area contributed by atoms with Crippen LogP contribution in [0.25, 0.3) is 0 Å². The van der Waals surface area contributed by atoms with Gasteiger partial charge in [0.25, 0.3) is 0 Å². The van der Waals surface area contributed by atoms with Crippen LogP contribution in [0.5, 0.6) is 0 Å². The fourth-order valence-electron chi connectivity index (χ4n) is 5.27. The Morgan fingerprint density at radius 2 is 1.49 bits per heavy atom. The van der Waals surface area contributed by atoms with Crippen molar-refractivity contribution in [1.29, 1.82) is 0 Å². The van der Waals surface area contributed by atoms with Gasteiger partial charge in [0.1, 0.15) is 24.9 Å². The van der Waals surface area contributed by atoms with Crippen LogP contribution in [0.3, 0.4) is 0 Å². The first-order valence-corrected chi connectivity index (χ1v) is 15.4. The molecule has 11 nitrogen and oxygen atoms in total. The normalized spacial score (nSPS) is 24.5. The standard InChI is InChI=1S/C29H48ClN3O8/c30-14-5-1-2-6-15-39-17-19-41-20-18-40-16-7-3-4-11-24(34)31-22-10-8-9-21-26(22)29(38)33(28(21)37)23-12-13-25(35)32-27(23)36/h8-10,23,25,27-29,32,35-38H,1-7,11-20H2,(H,31,34). The van der Waals surface area contributed by atoms with E-state index in [0.29, 0.717) is 75.5 Å². The van der Waals surface area contributed by atoms with Crippen LogP contribution in [0.4, 0.5) is 5.69 Å². The number of hydrogen-bond acceptors (Lipinski definition) is 10. The van der Waals surface area contributed by atoms with Gasteiger partial charge in [-0.05, 0) is 44.6 Å². The lowest BCUT2D eigenvalue weighted by Crippen LogP contribution is -2.57. The molecule has 234 valence electrons. The highest BCUT2D eigenvalue weighted by Crippen LogP contribution is 2.45. The van der Waals surface area contributed by atoms with Gasteiger partial charge in [0.05, 0.1) is 32.5 Å². The zero-order chi connectivity index (χ0) is 29.5. The Kier molecular flexibility index (Phi) is 15.8. The number of alkyl halides is 1. The Labute approximate surface area is 248 Å². The molecule has 1 fully saturated rings. The maximum absolute atomic E-state index is 12.6. The number of halogens is 1. The van der Waals surface area contributed by atoms with Crippen molar-refractivity contribution in [3.63, 3.8) is 0 Å². The molecule has 2 aliphatic rings. The van der Waals surface area contributed by atoms with E-state index < -0.39 is 31.0 Å². The molecule has 1 aromatic carbocycles. The van der Waals surface area contributed by atoms with Gasteiger partial charge in [-0.15, -0.1) is 11.6 Å². The highest BCUT2D eigenvalue weighted by Gasteiger charge is 2.45. The highest BCUT2D eigenvalue weighted by molar-refractivity contribution is 6.17. The lowest BCUT2D eigenvalue weighted by molar-refractivity contribution is -0.158. The van der Waals surface area contributed by atoms with Gasteiger partial charge in [0, 0.05) is 42.3 Å². The van der Waals surface area contributed by atoms with Crippen LogP contribution in [-0.4, -0.2) is 95.3 Å². The van der Waals surface area contributed by atoms with Crippen LogP contribution in [-0.2, 0) is 19.0 Å². The molecule has 0 bridgehead atoms. The lowest BCUT2D eigenvalue weighted by Gasteiger charge is -2.40. The fraction of sp³-hybridized carbons (Fsp3) is 0.759. The van der Waals surface area contributed by atoms with E-state index in [1.54, 1.807) is 18.2 Å². The number of aliphatic hydroxyl groups excluding tert-OH is 4. The number of fused-ring (bicyclic) bond motifs is 1. The lowest BCUT2D eigenvalue weighted by atomic mass is 10.0. The minimum Gasteiger partial charge on any atom is -0.379 e. The first kappa shape index (κ1) is 34.1. The van der Waals surface area contributed by atoms with Crippen LogP contribution in [0.1, 0.15) is 87.8 Å². The van der Waals surface area contributed by atoms with Crippen molar-refractivity contribution in [3.8, 4) is 0 Å². The summed E-state index contributed by atoms with van der Waals surface area (Å²) in [5.41, 5.74) is 1.35. The minimum absolute atomic E-state index is 0.173. The molecule has 41 heavy (non-hydrogen) atoms. The molecule has 1 aromatic rings. The van der Waals surface area contributed by atoms with Gasteiger partial charge < -0.3 is 40.0 Å². The molecule has 5 atom stereocenters. The van der Waals surface area contributed by atoms with Gasteiger partial charge in [0.2, 0.25) is 5.91 Å². The first-order valence-electron chi connectivity index (χ1n) is 14.9. The SMILES string of the molecule is O=C(CCCCCOCCOCCOCCCCCCCl)Nc1cccc2c1C(O)N(C1CCC(O)NC1O)C2O. The van der Waals surface area contributed by atoms with Gasteiger partial charge in [-0.2, -0.15) is 0 Å². The molecule has 1 amide bonds. The van der Waals surface area contributed by atoms with E-state index in [4.69, 9.17) is 25.8 Å². The predicted molar refractivity (Wildman–Crippen MR) is 155 cm³/mol. The van der Waals surface area contributed by atoms with E-state index in [1.807, 2.05) is 0 Å². The molecule has 5 unspecified atom stereocenters. The summed E-state index contributed by atoms with van der Waals surface area (Å²) in [7, 11) is 0. The number of nitrogens with zero attached hydrogens (tertiary/aromatic N) is 1. The molecule has 2 heterocycles. The van der Waals surface area contributed by atoms with E-state index in [1.165, 1.54) is 4.90 Å². The predicted octanol–water partition coefficient (Wildman–Crippen LogP) is 2.72. The third-order valence-electron chi connectivity index (χ3n) is 7.47. The third-order valence-corrected chi connectivity index (χ3v) is 7.74. The molecule has 0 aromatic heterocycles. The summed E-state index contributed by atoms with van der Waals surface area (Å²) in [6.07, 6.45) is 3.58. The van der Waals surface area contributed by atoms with Crippen LogP contribution >= 0.6 is 11.6 Å². The van der Waals surface area contributed by atoms with E-state index in [-0.39, 0.29) is 5.91 Å². The molecule has 12 heteroatoms. The van der Waals surface area contributed by atoms with E-state index in [2.05, 4.69) is 10.6 Å². The summed E-state index contributed by atoms with van der Waals surface area (Å²) < 4.78 is 16.6. The Balaban J connectivity index is 1.25. The van der Waals surface area contributed by atoms with Gasteiger partial charge in [0.15, 0.2) is 0 Å². The number of hydrogen-bond donors (Lipinski definition) is 6. The van der Waals surface area contributed by atoms with E-state index in [9.17, 15) is 25.2 Å². The maximum atomic E-state index is 12.6. The van der Waals surface area contributed by atoms with Crippen molar-refractivity contribution >= 4 is 23.2 Å². The average Bonchev–Trinajstić information content (AvgIpc) is 3.20. The number of anilines is 1. The smallest absolute Gasteiger partial charge is 0.224 e. The van der Waals surface area contributed by atoms with Crippen molar-refractivity contribution in [2.45, 2.75) is 95.2 Å². The Morgan fingerprint density at radius 3 is 2.15 bits per heavy atom. The maximum Gasteiger partial charge on any atom is 0.224 e. The van der Waals surface area contributed by atoms with Crippen molar-refractivity contribution in [2.75, 3.05) is 50.8 Å². The number of rotatable bonds is 20. The molecule has 0 spiro atoms. The zero-order valence-corrected chi connectivity index (χ0v) is 24.6. The number of carbonyl (C=O) groups is 1. The quantitative estimate of drug-likeness (QED) is 0.0971. The zero-order valence-electron chi connectivity index (χ0n) is 23.9. The van der Waals surface area contributed by atoms with Crippen LogP contribution in [0.15, 0.2) is 18.2 Å². The molecule has 3 rings (SSSR count).